The van der Waals surface area contributed by atoms with E-state index in [2.05, 4.69) is 25.7 Å². The number of carbonyl (C=O) groups is 1. The molecule has 2 aromatic heterocycles. The van der Waals surface area contributed by atoms with Gasteiger partial charge in [-0.05, 0) is 37.1 Å². The molecule has 4 aromatic rings. The van der Waals surface area contributed by atoms with Crippen LogP contribution < -0.4 is 10.1 Å². The van der Waals surface area contributed by atoms with Crippen molar-refractivity contribution in [1.82, 2.24) is 9.97 Å². The molecular formula is C29H27ClFN5O4S. The number of pyridine rings is 1. The van der Waals surface area contributed by atoms with Crippen molar-refractivity contribution in [3.05, 3.63) is 82.4 Å². The van der Waals surface area contributed by atoms with Crippen molar-refractivity contribution < 1.29 is 22.9 Å². The normalized spacial score (nSPS) is 17.1. The number of hydrogen-bond donors (Lipinski definition) is 2. The van der Waals surface area contributed by atoms with Crippen molar-refractivity contribution in [2.24, 2.45) is 4.36 Å². The number of anilines is 1. The molecule has 41 heavy (non-hydrogen) atoms. The van der Waals surface area contributed by atoms with Crippen molar-refractivity contribution in [2.45, 2.75) is 25.0 Å². The molecule has 212 valence electrons. The lowest BCUT2D eigenvalue weighted by Crippen LogP contribution is -2.36. The first-order chi connectivity index (χ1) is 19.6. The maximum atomic E-state index is 14.0. The topological polar surface area (TPSA) is 129 Å². The first kappa shape index (κ1) is 28.5. The summed E-state index contributed by atoms with van der Waals surface area (Å²) < 4.78 is 41.6. The first-order valence-corrected chi connectivity index (χ1v) is 15.5. The van der Waals surface area contributed by atoms with Crippen LogP contribution >= 0.6 is 11.6 Å². The third kappa shape index (κ3) is 6.51. The monoisotopic (exact) mass is 595 g/mol. The zero-order valence-electron chi connectivity index (χ0n) is 22.3. The van der Waals surface area contributed by atoms with E-state index in [1.165, 1.54) is 42.7 Å². The molecule has 3 heterocycles. The molecule has 0 saturated carbocycles. The van der Waals surface area contributed by atoms with E-state index in [0.717, 1.165) is 6.42 Å². The van der Waals surface area contributed by atoms with Crippen molar-refractivity contribution >= 4 is 43.8 Å². The smallest absolute Gasteiger partial charge is 0.196 e. The predicted molar refractivity (Wildman–Crippen MR) is 156 cm³/mol. The number of fused-ring (bicyclic) bond motifs is 1. The maximum Gasteiger partial charge on any atom is 0.196 e. The number of hydrogen-bond acceptors (Lipinski definition) is 8. The summed E-state index contributed by atoms with van der Waals surface area (Å²) in [4.78, 5) is 21.0. The molecule has 0 unspecified atom stereocenters. The van der Waals surface area contributed by atoms with Crippen LogP contribution in [0.1, 0.15) is 34.3 Å². The number of rotatable bonds is 8. The van der Waals surface area contributed by atoms with Crippen molar-refractivity contribution in [3.8, 4) is 17.6 Å². The summed E-state index contributed by atoms with van der Waals surface area (Å²) in [6, 6.07) is 12.5. The van der Waals surface area contributed by atoms with Gasteiger partial charge in [0.2, 0.25) is 0 Å². The van der Waals surface area contributed by atoms with E-state index in [1.54, 1.807) is 24.6 Å². The van der Waals surface area contributed by atoms with Gasteiger partial charge >= 0.3 is 0 Å². The molecule has 2 N–H and O–H groups in total. The highest BCUT2D eigenvalue weighted by molar-refractivity contribution is 7.92. The largest absolute Gasteiger partial charge is 0.454 e. The second-order valence-corrected chi connectivity index (χ2v) is 13.0. The van der Waals surface area contributed by atoms with Crippen molar-refractivity contribution in [1.29, 1.82) is 5.26 Å². The molecule has 12 heteroatoms. The average molecular weight is 596 g/mol. The van der Waals surface area contributed by atoms with E-state index in [9.17, 15) is 18.7 Å². The number of benzene rings is 2. The van der Waals surface area contributed by atoms with Crippen LogP contribution in [0.15, 0.2) is 59.2 Å². The van der Waals surface area contributed by atoms with Crippen LogP contribution in [-0.4, -0.2) is 57.8 Å². The van der Waals surface area contributed by atoms with Gasteiger partial charge in [0.1, 0.15) is 17.5 Å². The van der Waals surface area contributed by atoms with Crippen LogP contribution in [0.25, 0.3) is 11.0 Å². The number of halogens is 2. The molecule has 1 fully saturated rings. The highest BCUT2D eigenvalue weighted by atomic mass is 35.5. The van der Waals surface area contributed by atoms with Crippen LogP contribution in [-0.2, 0) is 14.5 Å². The molecule has 0 amide bonds. The minimum Gasteiger partial charge on any atom is -0.454 e. The number of ether oxygens (including phenoxy) is 2. The zero-order valence-corrected chi connectivity index (χ0v) is 23.9. The predicted octanol–water partition coefficient (Wildman–Crippen LogP) is 5.94. The Morgan fingerprint density at radius 3 is 2.78 bits per heavy atom. The number of ketones is 1. The lowest BCUT2D eigenvalue weighted by Gasteiger charge is -2.30. The van der Waals surface area contributed by atoms with Gasteiger partial charge < -0.3 is 19.8 Å². The van der Waals surface area contributed by atoms with Crippen LogP contribution in [0.4, 0.5) is 10.1 Å². The van der Waals surface area contributed by atoms with Crippen molar-refractivity contribution in [3.63, 3.8) is 0 Å². The Balaban J connectivity index is 1.40. The number of H-pyrrole nitrogens is 1. The van der Waals surface area contributed by atoms with Crippen LogP contribution in [0.2, 0.25) is 5.02 Å². The van der Waals surface area contributed by atoms with Gasteiger partial charge in [-0.2, -0.15) is 5.26 Å². The Morgan fingerprint density at radius 1 is 1.29 bits per heavy atom. The Hall–Kier alpha value is -3.98. The van der Waals surface area contributed by atoms with Crippen LogP contribution in [0.5, 0.6) is 11.5 Å². The standard InChI is InChI=1S/C29H27ClFN5O4S/c1-41(2,38)35-14-20-8-7-18(16-39-20)36-27-17(12-32)13-33-29-26(27)22(15-34-29)28(37)21-10-9-19(11-23(21)30)40-25-6-4-3-5-24(25)31/h3-6,9-11,13,15,18,20H,7-8,14,16H2,1-2H3,(H2,33,34,36)/t18-,20+/m1/s1. The fourth-order valence-electron chi connectivity index (χ4n) is 4.58. The number of para-hydroxylation sites is 1. The van der Waals surface area contributed by atoms with Gasteiger partial charge in [0.05, 0.1) is 46.5 Å². The Morgan fingerprint density at radius 2 is 2.10 bits per heavy atom. The van der Waals surface area contributed by atoms with Gasteiger partial charge in [0, 0.05) is 52.3 Å². The SMILES string of the molecule is CS(C)(=O)=NC[C@@H]1CC[C@@H](Nc2c(C#N)cnc3[nH]cc(C(=O)c4ccc(Oc5ccccc5F)cc4Cl)c23)CO1. The minimum absolute atomic E-state index is 0.0351. The quantitative estimate of drug-likeness (QED) is 0.241. The lowest BCUT2D eigenvalue weighted by molar-refractivity contribution is 0.0159. The average Bonchev–Trinajstić information content (AvgIpc) is 3.38. The number of nitriles is 1. The molecule has 0 radical (unpaired) electrons. The van der Waals surface area contributed by atoms with Gasteiger partial charge in [0.25, 0.3) is 0 Å². The molecule has 1 aliphatic rings. The molecule has 5 rings (SSSR count). The lowest BCUT2D eigenvalue weighted by atomic mass is 10.00. The zero-order chi connectivity index (χ0) is 29.1. The van der Waals surface area contributed by atoms with Gasteiger partial charge in [-0.25, -0.2) is 13.7 Å². The fraction of sp³-hybridized carbons (Fsp3) is 0.276. The van der Waals surface area contributed by atoms with Crippen LogP contribution in [0.3, 0.4) is 0 Å². The number of carbonyl (C=O) groups excluding carboxylic acids is 1. The van der Waals surface area contributed by atoms with Gasteiger partial charge in [-0.15, -0.1) is 0 Å². The molecule has 1 aliphatic heterocycles. The summed E-state index contributed by atoms with van der Waals surface area (Å²) >= 11 is 6.49. The third-order valence-corrected chi connectivity index (χ3v) is 7.71. The number of aromatic nitrogens is 2. The number of nitrogens with zero attached hydrogens (tertiary/aromatic N) is 3. The molecule has 2 atom stereocenters. The highest BCUT2D eigenvalue weighted by Gasteiger charge is 2.26. The summed E-state index contributed by atoms with van der Waals surface area (Å²) in [6.07, 6.45) is 7.47. The molecule has 0 aliphatic carbocycles. The Labute approximate surface area is 241 Å². The Kier molecular flexibility index (Phi) is 8.26. The van der Waals surface area contributed by atoms with E-state index in [-0.39, 0.29) is 51.1 Å². The third-order valence-electron chi connectivity index (χ3n) is 6.62. The summed E-state index contributed by atoms with van der Waals surface area (Å²) in [6.45, 7) is 0.718. The maximum absolute atomic E-state index is 14.0. The molecular weight excluding hydrogens is 569 g/mol. The van der Waals surface area contributed by atoms with E-state index < -0.39 is 15.5 Å². The molecule has 2 aromatic carbocycles. The molecule has 1 saturated heterocycles. The highest BCUT2D eigenvalue weighted by Crippen LogP contribution is 2.34. The Bertz CT molecular complexity index is 1780. The first-order valence-electron chi connectivity index (χ1n) is 12.8. The second kappa shape index (κ2) is 11.9. The summed E-state index contributed by atoms with van der Waals surface area (Å²) in [5, 5.41) is 13.8. The van der Waals surface area contributed by atoms with Crippen LogP contribution in [0, 0.1) is 17.1 Å². The van der Waals surface area contributed by atoms with E-state index in [1.807, 2.05) is 0 Å². The summed E-state index contributed by atoms with van der Waals surface area (Å²) in [5.74, 6) is -0.601. The van der Waals surface area contributed by atoms with Gasteiger partial charge in [0.15, 0.2) is 17.3 Å². The van der Waals surface area contributed by atoms with Gasteiger partial charge in [-0.3, -0.25) is 9.00 Å². The second-order valence-electron chi connectivity index (χ2n) is 9.95. The van der Waals surface area contributed by atoms with E-state index in [0.29, 0.717) is 36.3 Å². The minimum atomic E-state index is -2.20. The molecule has 0 bridgehead atoms. The van der Waals surface area contributed by atoms with E-state index in [4.69, 9.17) is 21.1 Å². The molecule has 9 nitrogen and oxygen atoms in total. The number of nitrogens with one attached hydrogen (secondary N) is 2. The number of aromatic amines is 1. The van der Waals surface area contributed by atoms with E-state index >= 15 is 0 Å². The van der Waals surface area contributed by atoms with Crippen molar-refractivity contribution in [2.75, 3.05) is 31.0 Å². The fourth-order valence-corrected chi connectivity index (χ4v) is 5.36. The van der Waals surface area contributed by atoms with Gasteiger partial charge in [-0.1, -0.05) is 23.7 Å². The summed E-state index contributed by atoms with van der Waals surface area (Å²) in [5.41, 5.74) is 1.67. The molecule has 0 spiro atoms. The summed E-state index contributed by atoms with van der Waals surface area (Å²) in [7, 11) is -2.20.